The molecule has 0 saturated heterocycles. The summed E-state index contributed by atoms with van der Waals surface area (Å²) < 4.78 is 12.0. The topological polar surface area (TPSA) is 82.5 Å². The molecular weight excluding hydrogens is 358 g/mol. The second kappa shape index (κ2) is 8.85. The number of nitrogens with one attached hydrogen (secondary N) is 1. The number of aromatic nitrogens is 2. The lowest BCUT2D eigenvalue weighted by Gasteiger charge is -2.11. The Balaban J connectivity index is 1.71. The van der Waals surface area contributed by atoms with Crippen LogP contribution in [0.4, 0.5) is 5.69 Å². The van der Waals surface area contributed by atoms with Crippen molar-refractivity contribution >= 4 is 17.6 Å². The Morgan fingerprint density at radius 1 is 1.00 bits per heavy atom. The van der Waals surface area contributed by atoms with Crippen molar-refractivity contribution in [3.05, 3.63) is 72.1 Å². The van der Waals surface area contributed by atoms with Gasteiger partial charge < -0.3 is 14.8 Å². The SMILES string of the molecule is CCOC(=O)c1ccn(-c2ccc(NC(=O)c3ccccc3OCC)cc2)n1. The van der Waals surface area contributed by atoms with Crippen molar-refractivity contribution in [3.63, 3.8) is 0 Å². The summed E-state index contributed by atoms with van der Waals surface area (Å²) in [5.74, 6) is -0.166. The van der Waals surface area contributed by atoms with Gasteiger partial charge in [0.05, 0.1) is 24.5 Å². The normalized spacial score (nSPS) is 10.4. The smallest absolute Gasteiger partial charge is 0.358 e. The van der Waals surface area contributed by atoms with Crippen molar-refractivity contribution in [2.45, 2.75) is 13.8 Å². The second-order valence-corrected chi connectivity index (χ2v) is 5.80. The fraction of sp³-hybridized carbons (Fsp3) is 0.190. The molecule has 0 radical (unpaired) electrons. The van der Waals surface area contributed by atoms with Crippen LogP contribution in [0.1, 0.15) is 34.7 Å². The Morgan fingerprint density at radius 2 is 1.75 bits per heavy atom. The van der Waals surface area contributed by atoms with Crippen molar-refractivity contribution in [1.82, 2.24) is 9.78 Å². The highest BCUT2D eigenvalue weighted by atomic mass is 16.5. The third-order valence-electron chi connectivity index (χ3n) is 3.89. The lowest BCUT2D eigenvalue weighted by atomic mass is 10.2. The number of esters is 1. The van der Waals surface area contributed by atoms with Gasteiger partial charge in [0.2, 0.25) is 0 Å². The van der Waals surface area contributed by atoms with Gasteiger partial charge in [-0.1, -0.05) is 12.1 Å². The van der Waals surface area contributed by atoms with Gasteiger partial charge in [0, 0.05) is 11.9 Å². The molecule has 3 rings (SSSR count). The number of amides is 1. The van der Waals surface area contributed by atoms with Crippen LogP contribution < -0.4 is 10.1 Å². The zero-order chi connectivity index (χ0) is 19.9. The molecule has 1 amide bonds. The predicted octanol–water partition coefficient (Wildman–Crippen LogP) is 3.70. The highest BCUT2D eigenvalue weighted by Gasteiger charge is 2.13. The predicted molar refractivity (Wildman–Crippen MR) is 105 cm³/mol. The molecule has 0 fully saturated rings. The third-order valence-corrected chi connectivity index (χ3v) is 3.89. The van der Waals surface area contributed by atoms with Crippen molar-refractivity contribution in [1.29, 1.82) is 0 Å². The lowest BCUT2D eigenvalue weighted by molar-refractivity contribution is 0.0519. The fourth-order valence-corrected chi connectivity index (χ4v) is 2.61. The number of carbonyl (C=O) groups is 2. The van der Waals surface area contributed by atoms with Gasteiger partial charge >= 0.3 is 5.97 Å². The first-order valence-electron chi connectivity index (χ1n) is 8.98. The molecule has 1 aromatic heterocycles. The monoisotopic (exact) mass is 379 g/mol. The molecule has 0 atom stereocenters. The van der Waals surface area contributed by atoms with Crippen LogP contribution in [-0.2, 0) is 4.74 Å². The van der Waals surface area contributed by atoms with Gasteiger partial charge in [-0.25, -0.2) is 9.48 Å². The maximum Gasteiger partial charge on any atom is 0.358 e. The molecule has 3 aromatic rings. The van der Waals surface area contributed by atoms with Gasteiger partial charge in [-0.2, -0.15) is 5.10 Å². The van der Waals surface area contributed by atoms with E-state index in [1.165, 1.54) is 0 Å². The van der Waals surface area contributed by atoms with Crippen LogP contribution in [0.2, 0.25) is 0 Å². The van der Waals surface area contributed by atoms with E-state index in [1.54, 1.807) is 66.3 Å². The van der Waals surface area contributed by atoms with Gasteiger partial charge in [0.15, 0.2) is 5.69 Å². The summed E-state index contributed by atoms with van der Waals surface area (Å²) >= 11 is 0. The van der Waals surface area contributed by atoms with Crippen LogP contribution in [0, 0.1) is 0 Å². The highest BCUT2D eigenvalue weighted by Crippen LogP contribution is 2.20. The Labute approximate surface area is 162 Å². The van der Waals surface area contributed by atoms with Crippen LogP contribution in [0.15, 0.2) is 60.8 Å². The second-order valence-electron chi connectivity index (χ2n) is 5.80. The third kappa shape index (κ3) is 4.37. The van der Waals surface area contributed by atoms with E-state index < -0.39 is 5.97 Å². The quantitative estimate of drug-likeness (QED) is 0.633. The first-order chi connectivity index (χ1) is 13.6. The molecule has 0 bridgehead atoms. The van der Waals surface area contributed by atoms with Gasteiger partial charge in [-0.3, -0.25) is 4.79 Å². The van der Waals surface area contributed by atoms with Gasteiger partial charge in [-0.05, 0) is 56.3 Å². The van der Waals surface area contributed by atoms with Crippen molar-refractivity contribution in [2.75, 3.05) is 18.5 Å². The number of hydrogen-bond donors (Lipinski definition) is 1. The molecule has 0 unspecified atom stereocenters. The Morgan fingerprint density at radius 3 is 2.46 bits per heavy atom. The number of ether oxygens (including phenoxy) is 2. The number of anilines is 1. The van der Waals surface area contributed by atoms with E-state index in [9.17, 15) is 9.59 Å². The fourth-order valence-electron chi connectivity index (χ4n) is 2.61. The number of nitrogens with zero attached hydrogens (tertiary/aromatic N) is 2. The van der Waals surface area contributed by atoms with Crippen LogP contribution in [0.25, 0.3) is 5.69 Å². The summed E-state index contributed by atoms with van der Waals surface area (Å²) in [7, 11) is 0. The zero-order valence-electron chi connectivity index (χ0n) is 15.7. The number of rotatable bonds is 7. The molecule has 7 nitrogen and oxygen atoms in total. The molecule has 1 heterocycles. The minimum Gasteiger partial charge on any atom is -0.493 e. The Hall–Kier alpha value is -3.61. The molecule has 7 heteroatoms. The number of hydrogen-bond acceptors (Lipinski definition) is 5. The van der Waals surface area contributed by atoms with Gasteiger partial charge in [0.1, 0.15) is 5.75 Å². The maximum absolute atomic E-state index is 12.5. The van der Waals surface area contributed by atoms with Crippen molar-refractivity contribution in [3.8, 4) is 11.4 Å². The van der Waals surface area contributed by atoms with E-state index in [0.717, 1.165) is 5.69 Å². The summed E-state index contributed by atoms with van der Waals surface area (Å²) in [5.41, 5.74) is 2.10. The number of benzene rings is 2. The first-order valence-corrected chi connectivity index (χ1v) is 8.98. The molecular formula is C21H21N3O4. The summed E-state index contributed by atoms with van der Waals surface area (Å²) in [6.07, 6.45) is 1.68. The molecule has 1 N–H and O–H groups in total. The first kappa shape index (κ1) is 19.2. The van der Waals surface area contributed by atoms with E-state index in [1.807, 2.05) is 13.0 Å². The molecule has 2 aromatic carbocycles. The average Bonchev–Trinajstić information content (AvgIpc) is 3.20. The summed E-state index contributed by atoms with van der Waals surface area (Å²) in [5, 5.41) is 7.06. The minimum atomic E-state index is -0.460. The van der Waals surface area contributed by atoms with E-state index in [0.29, 0.717) is 30.2 Å². The number of para-hydroxylation sites is 1. The molecule has 0 spiro atoms. The maximum atomic E-state index is 12.5. The molecule has 0 saturated carbocycles. The zero-order valence-corrected chi connectivity index (χ0v) is 15.7. The van der Waals surface area contributed by atoms with E-state index in [-0.39, 0.29) is 11.6 Å². The van der Waals surface area contributed by atoms with E-state index in [2.05, 4.69) is 10.4 Å². The summed E-state index contributed by atoms with van der Waals surface area (Å²) in [6, 6.07) is 15.8. The molecule has 144 valence electrons. The highest BCUT2D eigenvalue weighted by molar-refractivity contribution is 6.06. The number of carbonyl (C=O) groups excluding carboxylic acids is 2. The van der Waals surface area contributed by atoms with Crippen LogP contribution in [0.5, 0.6) is 5.75 Å². The minimum absolute atomic E-state index is 0.242. The molecule has 0 aliphatic carbocycles. The van der Waals surface area contributed by atoms with E-state index in [4.69, 9.17) is 9.47 Å². The van der Waals surface area contributed by atoms with Crippen LogP contribution >= 0.6 is 0 Å². The largest absolute Gasteiger partial charge is 0.493 e. The lowest BCUT2D eigenvalue weighted by Crippen LogP contribution is -2.13. The standard InChI is InChI=1S/C21H21N3O4/c1-3-27-19-8-6-5-7-17(19)20(25)22-15-9-11-16(12-10-15)24-14-13-18(23-24)21(26)28-4-2/h5-14H,3-4H2,1-2H3,(H,22,25). The Bertz CT molecular complexity index is 964. The molecule has 0 aliphatic rings. The van der Waals surface area contributed by atoms with Gasteiger partial charge in [-0.15, -0.1) is 0 Å². The molecule has 28 heavy (non-hydrogen) atoms. The van der Waals surface area contributed by atoms with Crippen LogP contribution in [-0.4, -0.2) is 34.9 Å². The summed E-state index contributed by atoms with van der Waals surface area (Å²) in [6.45, 7) is 4.40. The van der Waals surface area contributed by atoms with E-state index >= 15 is 0 Å². The van der Waals surface area contributed by atoms with Crippen LogP contribution in [0.3, 0.4) is 0 Å². The summed E-state index contributed by atoms with van der Waals surface area (Å²) in [4.78, 5) is 24.3. The van der Waals surface area contributed by atoms with Crippen molar-refractivity contribution < 1.29 is 19.1 Å². The van der Waals surface area contributed by atoms with Gasteiger partial charge in [0.25, 0.3) is 5.91 Å². The average molecular weight is 379 g/mol. The Kier molecular flexibility index (Phi) is 6.06. The van der Waals surface area contributed by atoms with Crippen molar-refractivity contribution in [2.24, 2.45) is 0 Å². The molecule has 0 aliphatic heterocycles.